The summed E-state index contributed by atoms with van der Waals surface area (Å²) in [5.74, 6) is 3.82. The number of rotatable bonds is 14. The van der Waals surface area contributed by atoms with Crippen molar-refractivity contribution in [3.8, 4) is 22.9 Å². The molecule has 2 aliphatic carbocycles. The van der Waals surface area contributed by atoms with E-state index in [4.69, 9.17) is 27.7 Å². The molecule has 2 aromatic heterocycles. The molecule has 0 spiro atoms. The SMILES string of the molecule is Cc1ccc(-c2nc(COC3CCCC(CO)C3)c(C)o2)cc1.Cc1ccc(-c2nc(COC3CCCC(CO[Si](c4ccccc4)(c4ccccc4)C(C)(C)C)C3)c(C)o2)cc1. The summed E-state index contributed by atoms with van der Waals surface area (Å²) in [6.07, 6.45) is 9.11. The summed E-state index contributed by atoms with van der Waals surface area (Å²) in [4.78, 5) is 9.36. The molecule has 63 heavy (non-hydrogen) atoms. The number of aromatic nitrogens is 2. The number of aliphatic hydroxyl groups is 1. The fourth-order valence-electron chi connectivity index (χ4n) is 9.26. The fraction of sp³-hybridized carbons (Fsp3) is 0.444. The lowest BCUT2D eigenvalue weighted by molar-refractivity contribution is -0.00772. The molecule has 8 nitrogen and oxygen atoms in total. The molecule has 6 aromatic rings. The lowest BCUT2D eigenvalue weighted by Crippen LogP contribution is -2.67. The summed E-state index contributed by atoms with van der Waals surface area (Å²) >= 11 is 0. The van der Waals surface area contributed by atoms with E-state index in [0.29, 0.717) is 36.8 Å². The van der Waals surface area contributed by atoms with Gasteiger partial charge in [-0.15, -0.1) is 0 Å². The molecule has 1 N–H and O–H groups in total. The van der Waals surface area contributed by atoms with Crippen LogP contribution in [0.4, 0.5) is 0 Å². The number of hydrogen-bond acceptors (Lipinski definition) is 8. The van der Waals surface area contributed by atoms with Crippen molar-refractivity contribution in [1.82, 2.24) is 9.97 Å². The molecule has 0 radical (unpaired) electrons. The molecule has 0 amide bonds. The Morgan fingerprint density at radius 2 is 1.02 bits per heavy atom. The van der Waals surface area contributed by atoms with E-state index in [-0.39, 0.29) is 23.9 Å². The molecule has 2 saturated carbocycles. The summed E-state index contributed by atoms with van der Waals surface area (Å²) in [5.41, 5.74) is 6.19. The van der Waals surface area contributed by atoms with Crippen molar-refractivity contribution in [3.63, 3.8) is 0 Å². The minimum Gasteiger partial charge on any atom is -0.441 e. The summed E-state index contributed by atoms with van der Waals surface area (Å²) in [6, 6.07) is 38.3. The van der Waals surface area contributed by atoms with E-state index < -0.39 is 8.32 Å². The highest BCUT2D eigenvalue weighted by atomic mass is 28.4. The van der Waals surface area contributed by atoms with Crippen LogP contribution in [0.2, 0.25) is 5.04 Å². The summed E-state index contributed by atoms with van der Waals surface area (Å²) in [5, 5.41) is 12.0. The van der Waals surface area contributed by atoms with Gasteiger partial charge in [-0.05, 0) is 118 Å². The van der Waals surface area contributed by atoms with Crippen LogP contribution in [0.25, 0.3) is 22.9 Å². The van der Waals surface area contributed by atoms with Gasteiger partial charge in [-0.25, -0.2) is 9.97 Å². The number of ether oxygens (including phenoxy) is 2. The molecule has 334 valence electrons. The zero-order valence-electron chi connectivity index (χ0n) is 38.6. The molecule has 4 aromatic carbocycles. The Morgan fingerprint density at radius 1 is 0.587 bits per heavy atom. The van der Waals surface area contributed by atoms with E-state index >= 15 is 0 Å². The first kappa shape index (κ1) is 46.4. The summed E-state index contributed by atoms with van der Waals surface area (Å²) in [6.45, 7) is 17.1. The molecular weight excluding hydrogens is 801 g/mol. The lowest BCUT2D eigenvalue weighted by atomic mass is 9.88. The van der Waals surface area contributed by atoms with E-state index in [1.807, 2.05) is 26.0 Å². The van der Waals surface area contributed by atoms with Gasteiger partial charge in [-0.1, -0.05) is 130 Å². The third-order valence-electron chi connectivity index (χ3n) is 13.0. The van der Waals surface area contributed by atoms with Crippen molar-refractivity contribution in [2.24, 2.45) is 11.8 Å². The van der Waals surface area contributed by atoms with Gasteiger partial charge in [0.05, 0.1) is 25.4 Å². The first-order valence-electron chi connectivity index (χ1n) is 23.1. The topological polar surface area (TPSA) is 100.0 Å². The highest BCUT2D eigenvalue weighted by molar-refractivity contribution is 6.99. The third kappa shape index (κ3) is 11.7. The molecule has 9 heteroatoms. The number of aryl methyl sites for hydroxylation is 4. The van der Waals surface area contributed by atoms with Crippen LogP contribution in [0.15, 0.2) is 118 Å². The Labute approximate surface area is 376 Å². The van der Waals surface area contributed by atoms with Gasteiger partial charge >= 0.3 is 0 Å². The number of aliphatic hydroxyl groups excluding tert-OH is 1. The van der Waals surface area contributed by atoms with E-state index in [9.17, 15) is 5.11 Å². The lowest BCUT2D eigenvalue weighted by Gasteiger charge is -2.44. The van der Waals surface area contributed by atoms with Gasteiger partial charge in [0.25, 0.3) is 8.32 Å². The normalized spacial score (nSPS) is 19.4. The van der Waals surface area contributed by atoms with Gasteiger partial charge in [0, 0.05) is 24.3 Å². The highest BCUT2D eigenvalue weighted by Crippen LogP contribution is 2.38. The standard InChI is InChI=1S/C35H43NO3Si.C19H25NO3/c1-26-19-21-29(22-20-26)34-36-33(27(2)39-34)25-37-30-14-12-13-28(23-30)24-38-40(35(3,4)5,31-15-8-6-9-16-31)32-17-10-7-11-18-32;1-13-6-8-16(9-7-13)19-20-18(14(2)23-19)12-22-17-5-3-4-15(10-17)11-21/h6-11,15-22,28,30H,12-14,23-25H2,1-5H3;6-9,15,17,21H,3-5,10-12H2,1-2H3. The molecule has 0 saturated heterocycles. The molecular formula is C54H68N2O6Si. The predicted octanol–water partition coefficient (Wildman–Crippen LogP) is 11.6. The van der Waals surface area contributed by atoms with E-state index in [1.54, 1.807) is 0 Å². The first-order chi connectivity index (χ1) is 30.4. The number of oxazole rings is 2. The zero-order valence-corrected chi connectivity index (χ0v) is 39.6. The molecule has 4 unspecified atom stereocenters. The second kappa shape index (κ2) is 21.4. The maximum absolute atomic E-state index is 9.30. The van der Waals surface area contributed by atoms with Crippen LogP contribution in [0, 0.1) is 39.5 Å². The van der Waals surface area contributed by atoms with Crippen molar-refractivity contribution >= 4 is 18.7 Å². The largest absolute Gasteiger partial charge is 0.441 e. The third-order valence-corrected chi connectivity index (χ3v) is 18.0. The zero-order chi connectivity index (χ0) is 44.4. The maximum Gasteiger partial charge on any atom is 0.261 e. The smallest absolute Gasteiger partial charge is 0.261 e. The van der Waals surface area contributed by atoms with Crippen LogP contribution in [0.5, 0.6) is 0 Å². The van der Waals surface area contributed by atoms with Crippen molar-refractivity contribution in [2.75, 3.05) is 13.2 Å². The Hall–Kier alpha value is -4.64. The van der Waals surface area contributed by atoms with Crippen molar-refractivity contribution < 1.29 is 27.8 Å². The van der Waals surface area contributed by atoms with Gasteiger partial charge < -0.3 is 27.8 Å². The molecule has 2 aliphatic rings. The second-order valence-corrected chi connectivity index (χ2v) is 23.2. The van der Waals surface area contributed by atoms with Gasteiger partial charge in [0.1, 0.15) is 22.9 Å². The van der Waals surface area contributed by atoms with Crippen LogP contribution in [-0.4, -0.2) is 48.8 Å². The van der Waals surface area contributed by atoms with Crippen molar-refractivity contribution in [2.45, 2.75) is 130 Å². The minimum atomic E-state index is -2.53. The van der Waals surface area contributed by atoms with Crippen molar-refractivity contribution in [1.29, 1.82) is 0 Å². The minimum absolute atomic E-state index is 0.0140. The molecule has 2 heterocycles. The molecule has 4 atom stereocenters. The summed E-state index contributed by atoms with van der Waals surface area (Å²) in [7, 11) is -2.53. The van der Waals surface area contributed by atoms with Crippen LogP contribution in [0.1, 0.15) is 106 Å². The fourth-order valence-corrected chi connectivity index (χ4v) is 13.9. The first-order valence-corrected chi connectivity index (χ1v) is 25.0. The second-order valence-electron chi connectivity index (χ2n) is 18.9. The number of nitrogens with zero attached hydrogens (tertiary/aromatic N) is 2. The highest BCUT2D eigenvalue weighted by Gasteiger charge is 2.50. The molecule has 2 fully saturated rings. The number of benzene rings is 4. The molecule has 8 rings (SSSR count). The predicted molar refractivity (Wildman–Crippen MR) is 255 cm³/mol. The monoisotopic (exact) mass is 868 g/mol. The average molecular weight is 869 g/mol. The molecule has 0 aliphatic heterocycles. The molecule has 0 bridgehead atoms. The average Bonchev–Trinajstić information content (AvgIpc) is 3.87. The van der Waals surface area contributed by atoms with Gasteiger partial charge in [0.15, 0.2) is 0 Å². The van der Waals surface area contributed by atoms with E-state index in [0.717, 1.165) is 85.6 Å². The number of hydrogen-bond donors (Lipinski definition) is 1. The van der Waals surface area contributed by atoms with Crippen LogP contribution < -0.4 is 10.4 Å². The van der Waals surface area contributed by atoms with Crippen LogP contribution in [0.3, 0.4) is 0 Å². The Balaban J connectivity index is 0.000000219. The maximum atomic E-state index is 9.30. The van der Waals surface area contributed by atoms with Crippen LogP contribution >= 0.6 is 0 Å². The van der Waals surface area contributed by atoms with Gasteiger partial charge in [0.2, 0.25) is 11.8 Å². The quantitative estimate of drug-likeness (QED) is 0.108. The van der Waals surface area contributed by atoms with Gasteiger partial charge in [-0.3, -0.25) is 0 Å². The summed E-state index contributed by atoms with van der Waals surface area (Å²) < 4.78 is 31.5. The Bertz CT molecular complexity index is 2260. The van der Waals surface area contributed by atoms with E-state index in [1.165, 1.54) is 27.9 Å². The van der Waals surface area contributed by atoms with Gasteiger partial charge in [-0.2, -0.15) is 0 Å². The Kier molecular flexibility index (Phi) is 15.7. The Morgan fingerprint density at radius 3 is 1.44 bits per heavy atom. The van der Waals surface area contributed by atoms with Crippen LogP contribution in [-0.2, 0) is 27.1 Å². The van der Waals surface area contributed by atoms with Crippen molar-refractivity contribution in [3.05, 3.63) is 143 Å². The van der Waals surface area contributed by atoms with E-state index in [2.05, 4.69) is 137 Å².